The second kappa shape index (κ2) is 6.22. The monoisotopic (exact) mass is 294 g/mol. The molecule has 3 rings (SSSR count). The number of anilines is 1. The standard InChI is InChI=1S/C19H22N2O/c1-15(2)17-8-10-18(11-9-17)21-13-12-20(19(21)22)14-16-6-4-3-5-7-16/h3-11,15H,12-14H2,1-2H3. The maximum atomic E-state index is 12.6. The Morgan fingerprint density at radius 2 is 1.64 bits per heavy atom. The van der Waals surface area contributed by atoms with E-state index in [0.717, 1.165) is 18.8 Å². The quantitative estimate of drug-likeness (QED) is 0.827. The fourth-order valence-corrected chi connectivity index (χ4v) is 2.81. The molecule has 2 aromatic carbocycles. The molecule has 2 amide bonds. The van der Waals surface area contributed by atoms with Crippen molar-refractivity contribution in [3.05, 3.63) is 65.7 Å². The molecule has 0 unspecified atom stereocenters. The highest BCUT2D eigenvalue weighted by Crippen LogP contribution is 2.24. The van der Waals surface area contributed by atoms with Crippen molar-refractivity contribution in [3.8, 4) is 0 Å². The van der Waals surface area contributed by atoms with Crippen LogP contribution in [0.25, 0.3) is 0 Å². The van der Waals surface area contributed by atoms with Crippen LogP contribution in [0.1, 0.15) is 30.9 Å². The largest absolute Gasteiger partial charge is 0.324 e. The van der Waals surface area contributed by atoms with Crippen LogP contribution in [0.15, 0.2) is 54.6 Å². The Hall–Kier alpha value is -2.29. The maximum Gasteiger partial charge on any atom is 0.324 e. The molecule has 1 heterocycles. The first-order valence-electron chi connectivity index (χ1n) is 7.85. The summed E-state index contributed by atoms with van der Waals surface area (Å²) in [5.41, 5.74) is 3.47. The third-order valence-electron chi connectivity index (χ3n) is 4.18. The number of hydrogen-bond acceptors (Lipinski definition) is 1. The van der Waals surface area contributed by atoms with E-state index in [1.165, 1.54) is 11.1 Å². The molecule has 0 aromatic heterocycles. The average molecular weight is 294 g/mol. The molecule has 0 atom stereocenters. The minimum Gasteiger partial charge on any atom is -0.318 e. The van der Waals surface area contributed by atoms with E-state index >= 15 is 0 Å². The lowest BCUT2D eigenvalue weighted by molar-refractivity contribution is 0.219. The van der Waals surface area contributed by atoms with Gasteiger partial charge < -0.3 is 4.90 Å². The van der Waals surface area contributed by atoms with Gasteiger partial charge in [0, 0.05) is 25.3 Å². The summed E-state index contributed by atoms with van der Waals surface area (Å²) in [6.07, 6.45) is 0. The zero-order valence-electron chi connectivity index (χ0n) is 13.2. The van der Waals surface area contributed by atoms with Gasteiger partial charge in [-0.1, -0.05) is 56.3 Å². The highest BCUT2D eigenvalue weighted by molar-refractivity contribution is 5.94. The Labute approximate surface area is 132 Å². The molecular weight excluding hydrogens is 272 g/mol. The van der Waals surface area contributed by atoms with Crippen LogP contribution < -0.4 is 4.90 Å². The number of rotatable bonds is 4. The third kappa shape index (κ3) is 2.98. The van der Waals surface area contributed by atoms with Crippen molar-refractivity contribution >= 4 is 11.7 Å². The SMILES string of the molecule is CC(C)c1ccc(N2CCN(Cc3ccccc3)C2=O)cc1. The van der Waals surface area contributed by atoms with Crippen molar-refractivity contribution < 1.29 is 4.79 Å². The second-order valence-corrected chi connectivity index (χ2v) is 6.09. The molecule has 1 saturated heterocycles. The van der Waals surface area contributed by atoms with E-state index in [0.29, 0.717) is 12.5 Å². The van der Waals surface area contributed by atoms with Crippen LogP contribution in [-0.4, -0.2) is 24.0 Å². The van der Waals surface area contributed by atoms with Gasteiger partial charge in [-0.3, -0.25) is 4.90 Å². The Morgan fingerprint density at radius 3 is 2.27 bits per heavy atom. The summed E-state index contributed by atoms with van der Waals surface area (Å²) in [6, 6.07) is 18.6. The van der Waals surface area contributed by atoms with E-state index in [4.69, 9.17) is 0 Å². The molecule has 3 heteroatoms. The van der Waals surface area contributed by atoms with Gasteiger partial charge in [-0.05, 0) is 29.2 Å². The number of carbonyl (C=O) groups excluding carboxylic acids is 1. The second-order valence-electron chi connectivity index (χ2n) is 6.09. The molecule has 1 aliphatic rings. The first-order chi connectivity index (χ1) is 10.6. The van der Waals surface area contributed by atoms with Crippen molar-refractivity contribution in [3.63, 3.8) is 0 Å². The van der Waals surface area contributed by atoms with Crippen LogP contribution in [-0.2, 0) is 6.54 Å². The Balaban J connectivity index is 1.70. The van der Waals surface area contributed by atoms with E-state index in [1.54, 1.807) is 0 Å². The Bertz CT molecular complexity index is 634. The first-order valence-corrected chi connectivity index (χ1v) is 7.85. The fraction of sp³-hybridized carbons (Fsp3) is 0.316. The predicted octanol–water partition coefficient (Wildman–Crippen LogP) is 4.25. The van der Waals surface area contributed by atoms with Gasteiger partial charge in [0.2, 0.25) is 0 Å². The lowest BCUT2D eigenvalue weighted by Gasteiger charge is -2.19. The highest BCUT2D eigenvalue weighted by Gasteiger charge is 2.29. The lowest BCUT2D eigenvalue weighted by atomic mass is 10.0. The van der Waals surface area contributed by atoms with Crippen LogP contribution >= 0.6 is 0 Å². The average Bonchev–Trinajstić information content (AvgIpc) is 2.89. The number of carbonyl (C=O) groups is 1. The molecule has 0 radical (unpaired) electrons. The zero-order chi connectivity index (χ0) is 15.5. The summed E-state index contributed by atoms with van der Waals surface area (Å²) < 4.78 is 0. The van der Waals surface area contributed by atoms with Gasteiger partial charge in [0.15, 0.2) is 0 Å². The van der Waals surface area contributed by atoms with Crippen molar-refractivity contribution in [2.75, 3.05) is 18.0 Å². The summed E-state index contributed by atoms with van der Waals surface area (Å²) in [7, 11) is 0. The lowest BCUT2D eigenvalue weighted by Crippen LogP contribution is -2.31. The summed E-state index contributed by atoms with van der Waals surface area (Å²) in [5, 5.41) is 0. The molecule has 0 aliphatic carbocycles. The maximum absolute atomic E-state index is 12.6. The molecular formula is C19H22N2O. The minimum atomic E-state index is 0.0983. The van der Waals surface area contributed by atoms with Crippen molar-refractivity contribution in [2.24, 2.45) is 0 Å². The predicted molar refractivity (Wildman–Crippen MR) is 90.1 cm³/mol. The summed E-state index contributed by atoms with van der Waals surface area (Å²) in [5.74, 6) is 0.512. The van der Waals surface area contributed by atoms with Crippen LogP contribution in [0, 0.1) is 0 Å². The van der Waals surface area contributed by atoms with E-state index < -0.39 is 0 Å². The number of urea groups is 1. The van der Waals surface area contributed by atoms with Crippen molar-refractivity contribution in [2.45, 2.75) is 26.3 Å². The molecule has 1 aliphatic heterocycles. The zero-order valence-corrected chi connectivity index (χ0v) is 13.2. The van der Waals surface area contributed by atoms with Crippen molar-refractivity contribution in [1.82, 2.24) is 4.90 Å². The van der Waals surface area contributed by atoms with Gasteiger partial charge in [0.1, 0.15) is 0 Å². The normalized spacial score (nSPS) is 15.0. The third-order valence-corrected chi connectivity index (χ3v) is 4.18. The van der Waals surface area contributed by atoms with Crippen LogP contribution in [0.2, 0.25) is 0 Å². The Morgan fingerprint density at radius 1 is 0.955 bits per heavy atom. The first kappa shape index (κ1) is 14.6. The molecule has 3 nitrogen and oxygen atoms in total. The van der Waals surface area contributed by atoms with Crippen molar-refractivity contribution in [1.29, 1.82) is 0 Å². The number of nitrogens with zero attached hydrogens (tertiary/aromatic N) is 2. The summed E-state index contributed by atoms with van der Waals surface area (Å²) in [4.78, 5) is 16.4. The van der Waals surface area contributed by atoms with Gasteiger partial charge in [-0.25, -0.2) is 4.79 Å². The van der Waals surface area contributed by atoms with E-state index in [9.17, 15) is 4.79 Å². The Kier molecular flexibility index (Phi) is 4.14. The van der Waals surface area contributed by atoms with E-state index in [1.807, 2.05) is 28.0 Å². The molecule has 22 heavy (non-hydrogen) atoms. The molecule has 0 saturated carbocycles. The number of amides is 2. The molecule has 0 bridgehead atoms. The number of benzene rings is 2. The molecule has 114 valence electrons. The summed E-state index contributed by atoms with van der Waals surface area (Å²) >= 11 is 0. The molecule has 0 N–H and O–H groups in total. The molecule has 1 fully saturated rings. The van der Waals surface area contributed by atoms with E-state index in [-0.39, 0.29) is 6.03 Å². The van der Waals surface area contributed by atoms with Gasteiger partial charge in [-0.15, -0.1) is 0 Å². The summed E-state index contributed by atoms with van der Waals surface area (Å²) in [6.45, 7) is 6.57. The van der Waals surface area contributed by atoms with Gasteiger partial charge >= 0.3 is 6.03 Å². The minimum absolute atomic E-state index is 0.0983. The topological polar surface area (TPSA) is 23.6 Å². The van der Waals surface area contributed by atoms with Gasteiger partial charge in [0.05, 0.1) is 0 Å². The van der Waals surface area contributed by atoms with Gasteiger partial charge in [0.25, 0.3) is 0 Å². The highest BCUT2D eigenvalue weighted by atomic mass is 16.2. The van der Waals surface area contributed by atoms with Gasteiger partial charge in [-0.2, -0.15) is 0 Å². The van der Waals surface area contributed by atoms with Crippen LogP contribution in [0.5, 0.6) is 0 Å². The molecule has 2 aromatic rings. The van der Waals surface area contributed by atoms with E-state index in [2.05, 4.69) is 50.2 Å². The fourth-order valence-electron chi connectivity index (χ4n) is 2.81. The van der Waals surface area contributed by atoms with Crippen LogP contribution in [0.4, 0.5) is 10.5 Å². The van der Waals surface area contributed by atoms with Crippen LogP contribution in [0.3, 0.4) is 0 Å². The molecule has 0 spiro atoms. The smallest absolute Gasteiger partial charge is 0.318 e. The number of hydrogen-bond donors (Lipinski definition) is 0.